The van der Waals surface area contributed by atoms with Crippen LogP contribution in [0.4, 0.5) is 0 Å². The molecule has 17 heavy (non-hydrogen) atoms. The zero-order chi connectivity index (χ0) is 12.3. The summed E-state index contributed by atoms with van der Waals surface area (Å²) < 4.78 is 5.16. The maximum atomic E-state index is 9.25. The van der Waals surface area contributed by atoms with Crippen molar-refractivity contribution in [3.63, 3.8) is 0 Å². The van der Waals surface area contributed by atoms with Gasteiger partial charge in [0.15, 0.2) is 0 Å². The molecular formula is C11H15N3O2S. The third-order valence-electron chi connectivity index (χ3n) is 2.19. The molecule has 1 unspecified atom stereocenters. The molecule has 2 heterocycles. The highest BCUT2D eigenvalue weighted by Gasteiger charge is 2.12. The van der Waals surface area contributed by atoms with E-state index in [0.29, 0.717) is 24.8 Å². The van der Waals surface area contributed by atoms with Crippen molar-refractivity contribution >= 4 is 11.3 Å². The van der Waals surface area contributed by atoms with E-state index in [4.69, 9.17) is 4.52 Å². The maximum absolute atomic E-state index is 9.25. The Balaban J connectivity index is 1.99. The Kier molecular flexibility index (Phi) is 3.88. The van der Waals surface area contributed by atoms with Crippen molar-refractivity contribution in [2.45, 2.75) is 19.6 Å². The molecule has 6 heteroatoms. The predicted octanol–water partition coefficient (Wildman–Crippen LogP) is 1.61. The van der Waals surface area contributed by atoms with Crippen molar-refractivity contribution < 1.29 is 9.63 Å². The van der Waals surface area contributed by atoms with Crippen LogP contribution in [0, 0.1) is 0 Å². The minimum Gasteiger partial charge on any atom is -0.392 e. The first-order valence-corrected chi connectivity index (χ1v) is 6.26. The van der Waals surface area contributed by atoms with Gasteiger partial charge >= 0.3 is 0 Å². The van der Waals surface area contributed by atoms with Crippen LogP contribution < -0.4 is 0 Å². The molecule has 0 saturated carbocycles. The summed E-state index contributed by atoms with van der Waals surface area (Å²) in [5.74, 6) is 1.19. The van der Waals surface area contributed by atoms with Crippen LogP contribution in [-0.2, 0) is 6.54 Å². The highest BCUT2D eigenvalue weighted by molar-refractivity contribution is 7.13. The van der Waals surface area contributed by atoms with Gasteiger partial charge in [-0.3, -0.25) is 4.90 Å². The molecule has 1 N–H and O–H groups in total. The fourth-order valence-corrected chi connectivity index (χ4v) is 2.22. The molecule has 0 aliphatic heterocycles. The summed E-state index contributed by atoms with van der Waals surface area (Å²) in [7, 11) is 1.90. The molecule has 0 aromatic carbocycles. The Bertz CT molecular complexity index is 453. The first-order chi connectivity index (χ1) is 8.15. The minimum atomic E-state index is -0.361. The highest BCUT2D eigenvalue weighted by Crippen LogP contribution is 2.21. The SMILES string of the molecule is CC(O)CN(C)Cc1nc(-c2cccs2)no1. The average molecular weight is 253 g/mol. The van der Waals surface area contributed by atoms with Gasteiger partial charge in [0.05, 0.1) is 17.5 Å². The summed E-state index contributed by atoms with van der Waals surface area (Å²) in [6.07, 6.45) is -0.361. The third kappa shape index (κ3) is 3.36. The van der Waals surface area contributed by atoms with E-state index in [1.165, 1.54) is 0 Å². The summed E-state index contributed by atoms with van der Waals surface area (Å²) in [6, 6.07) is 3.91. The second kappa shape index (κ2) is 5.39. The zero-order valence-electron chi connectivity index (χ0n) is 9.83. The lowest BCUT2D eigenvalue weighted by Gasteiger charge is -2.15. The Hall–Kier alpha value is -1.24. The van der Waals surface area contributed by atoms with E-state index >= 15 is 0 Å². The van der Waals surface area contributed by atoms with Crippen LogP contribution in [0.2, 0.25) is 0 Å². The molecule has 0 spiro atoms. The van der Waals surface area contributed by atoms with E-state index in [1.54, 1.807) is 18.3 Å². The molecular weight excluding hydrogens is 238 g/mol. The number of rotatable bonds is 5. The fraction of sp³-hybridized carbons (Fsp3) is 0.455. The summed E-state index contributed by atoms with van der Waals surface area (Å²) in [5, 5.41) is 15.2. The summed E-state index contributed by atoms with van der Waals surface area (Å²) in [4.78, 5) is 7.25. The Morgan fingerprint density at radius 3 is 3.06 bits per heavy atom. The lowest BCUT2D eigenvalue weighted by molar-refractivity contribution is 0.131. The van der Waals surface area contributed by atoms with Crippen LogP contribution >= 0.6 is 11.3 Å². The minimum absolute atomic E-state index is 0.361. The Morgan fingerprint density at radius 1 is 1.59 bits per heavy atom. The fourth-order valence-electron chi connectivity index (χ4n) is 1.57. The van der Waals surface area contributed by atoms with E-state index in [-0.39, 0.29) is 6.10 Å². The number of nitrogens with zero attached hydrogens (tertiary/aromatic N) is 3. The van der Waals surface area contributed by atoms with E-state index < -0.39 is 0 Å². The van der Waals surface area contributed by atoms with Crippen molar-refractivity contribution in [3.8, 4) is 10.7 Å². The molecule has 92 valence electrons. The van der Waals surface area contributed by atoms with E-state index in [0.717, 1.165) is 4.88 Å². The lowest BCUT2D eigenvalue weighted by atomic mass is 10.4. The van der Waals surface area contributed by atoms with Gasteiger partial charge in [0.1, 0.15) is 0 Å². The largest absolute Gasteiger partial charge is 0.392 e. The molecule has 1 atom stereocenters. The monoisotopic (exact) mass is 253 g/mol. The molecule has 2 aromatic rings. The van der Waals surface area contributed by atoms with Crippen LogP contribution in [0.1, 0.15) is 12.8 Å². The smallest absolute Gasteiger partial charge is 0.241 e. The van der Waals surface area contributed by atoms with Crippen molar-refractivity contribution in [1.29, 1.82) is 0 Å². The van der Waals surface area contributed by atoms with Gasteiger partial charge in [-0.1, -0.05) is 11.2 Å². The Labute approximate surface area is 104 Å². The molecule has 2 aromatic heterocycles. The summed E-state index contributed by atoms with van der Waals surface area (Å²) >= 11 is 1.58. The zero-order valence-corrected chi connectivity index (χ0v) is 10.6. The van der Waals surface area contributed by atoms with Crippen molar-refractivity contribution in [3.05, 3.63) is 23.4 Å². The highest BCUT2D eigenvalue weighted by atomic mass is 32.1. The average Bonchev–Trinajstić information content (AvgIpc) is 2.84. The quantitative estimate of drug-likeness (QED) is 0.877. The maximum Gasteiger partial charge on any atom is 0.241 e. The second-order valence-electron chi connectivity index (χ2n) is 4.03. The van der Waals surface area contributed by atoms with Crippen LogP contribution in [0.3, 0.4) is 0 Å². The molecule has 0 aliphatic carbocycles. The van der Waals surface area contributed by atoms with Gasteiger partial charge in [0, 0.05) is 6.54 Å². The topological polar surface area (TPSA) is 62.4 Å². The van der Waals surface area contributed by atoms with E-state index in [1.807, 2.05) is 29.5 Å². The van der Waals surface area contributed by atoms with Crippen LogP contribution in [0.5, 0.6) is 0 Å². The van der Waals surface area contributed by atoms with Crippen LogP contribution in [-0.4, -0.2) is 39.8 Å². The number of hydrogen-bond acceptors (Lipinski definition) is 6. The first-order valence-electron chi connectivity index (χ1n) is 5.38. The van der Waals surface area contributed by atoms with Gasteiger partial charge in [0.25, 0.3) is 0 Å². The van der Waals surface area contributed by atoms with E-state index in [2.05, 4.69) is 10.1 Å². The summed E-state index contributed by atoms with van der Waals surface area (Å²) in [6.45, 7) is 2.88. The molecule has 0 saturated heterocycles. The predicted molar refractivity (Wildman–Crippen MR) is 65.6 cm³/mol. The number of hydrogen-bond donors (Lipinski definition) is 1. The van der Waals surface area contributed by atoms with Gasteiger partial charge in [-0.25, -0.2) is 0 Å². The number of likely N-dealkylation sites (N-methyl/N-ethyl adjacent to an activating group) is 1. The number of aliphatic hydroxyl groups is 1. The molecule has 0 bridgehead atoms. The molecule has 0 amide bonds. The number of aliphatic hydroxyl groups excluding tert-OH is 1. The standard InChI is InChI=1S/C11H15N3O2S/c1-8(15)6-14(2)7-10-12-11(13-16-10)9-4-3-5-17-9/h3-5,8,15H,6-7H2,1-2H3. The normalized spacial score (nSPS) is 13.2. The third-order valence-corrected chi connectivity index (χ3v) is 3.06. The van der Waals surface area contributed by atoms with Crippen molar-refractivity contribution in [1.82, 2.24) is 15.0 Å². The number of aromatic nitrogens is 2. The number of thiophene rings is 1. The molecule has 0 aliphatic rings. The second-order valence-corrected chi connectivity index (χ2v) is 4.98. The first kappa shape index (κ1) is 12.2. The van der Waals surface area contributed by atoms with E-state index in [9.17, 15) is 5.11 Å². The van der Waals surface area contributed by atoms with Gasteiger partial charge in [0.2, 0.25) is 11.7 Å². The van der Waals surface area contributed by atoms with Crippen LogP contribution in [0.25, 0.3) is 10.7 Å². The van der Waals surface area contributed by atoms with Gasteiger partial charge in [-0.15, -0.1) is 11.3 Å². The van der Waals surface area contributed by atoms with Gasteiger partial charge in [-0.05, 0) is 25.4 Å². The molecule has 2 rings (SSSR count). The lowest BCUT2D eigenvalue weighted by Crippen LogP contribution is -2.26. The molecule has 0 radical (unpaired) electrons. The Morgan fingerprint density at radius 2 is 2.41 bits per heavy atom. The van der Waals surface area contributed by atoms with Gasteiger partial charge < -0.3 is 9.63 Å². The van der Waals surface area contributed by atoms with Crippen LogP contribution in [0.15, 0.2) is 22.0 Å². The van der Waals surface area contributed by atoms with Gasteiger partial charge in [-0.2, -0.15) is 4.98 Å². The van der Waals surface area contributed by atoms with Crippen molar-refractivity contribution in [2.75, 3.05) is 13.6 Å². The summed E-state index contributed by atoms with van der Waals surface area (Å²) in [5.41, 5.74) is 0. The van der Waals surface area contributed by atoms with Crippen molar-refractivity contribution in [2.24, 2.45) is 0 Å². The molecule has 5 nitrogen and oxygen atoms in total. The molecule has 0 fully saturated rings.